The van der Waals surface area contributed by atoms with Crippen LogP contribution in [0.15, 0.2) is 23.6 Å². The van der Waals surface area contributed by atoms with Crippen LogP contribution in [-0.4, -0.2) is 24.2 Å². The number of hydrazine groups is 1. The summed E-state index contributed by atoms with van der Waals surface area (Å²) in [6.07, 6.45) is 2.30. The lowest BCUT2D eigenvalue weighted by atomic mass is 10.4. The van der Waals surface area contributed by atoms with Crippen LogP contribution < -0.4 is 16.2 Å². The molecule has 96 valence electrons. The average Bonchev–Trinajstić information content (AvgIpc) is 2.86. The minimum atomic E-state index is -0.708. The van der Waals surface area contributed by atoms with Gasteiger partial charge in [-0.3, -0.25) is 15.5 Å². The molecule has 0 unspecified atom stereocenters. The number of hydrogen-bond acceptors (Lipinski definition) is 5. The zero-order valence-electron chi connectivity index (χ0n) is 9.43. The molecule has 1 aromatic heterocycles. The second-order valence-electron chi connectivity index (χ2n) is 2.91. The van der Waals surface area contributed by atoms with Crippen molar-refractivity contribution < 1.29 is 14.3 Å². The fourth-order valence-electron chi connectivity index (χ4n) is 0.888. The number of ether oxygens (including phenoxy) is 1. The molecule has 0 spiro atoms. The molecular formula is C10H11N3O3S2. The smallest absolute Gasteiger partial charge is 0.425 e. The van der Waals surface area contributed by atoms with E-state index in [0.717, 1.165) is 4.88 Å². The highest BCUT2D eigenvalue weighted by Gasteiger charge is 2.02. The SMILES string of the molecule is COC(=O)NNC(=S)NC(=O)C=Cc1cccs1. The van der Waals surface area contributed by atoms with Gasteiger partial charge in [0.25, 0.3) is 0 Å². The van der Waals surface area contributed by atoms with E-state index in [1.807, 2.05) is 17.5 Å². The second-order valence-corrected chi connectivity index (χ2v) is 4.30. The number of rotatable bonds is 2. The van der Waals surface area contributed by atoms with Gasteiger partial charge >= 0.3 is 6.09 Å². The zero-order chi connectivity index (χ0) is 13.4. The zero-order valence-corrected chi connectivity index (χ0v) is 11.1. The van der Waals surface area contributed by atoms with Gasteiger partial charge in [-0.05, 0) is 29.7 Å². The number of thiocarbonyl (C=S) groups is 1. The number of carbonyl (C=O) groups is 2. The maximum absolute atomic E-state index is 11.4. The Balaban J connectivity index is 2.31. The van der Waals surface area contributed by atoms with E-state index in [1.165, 1.54) is 24.5 Å². The van der Waals surface area contributed by atoms with Crippen molar-refractivity contribution in [1.82, 2.24) is 16.2 Å². The fraction of sp³-hybridized carbons (Fsp3) is 0.100. The van der Waals surface area contributed by atoms with Gasteiger partial charge in [0.2, 0.25) is 5.91 Å². The molecule has 1 aromatic rings. The average molecular weight is 285 g/mol. The molecule has 1 heterocycles. The van der Waals surface area contributed by atoms with Crippen molar-refractivity contribution in [1.29, 1.82) is 0 Å². The van der Waals surface area contributed by atoms with Crippen molar-refractivity contribution in [2.75, 3.05) is 7.11 Å². The highest BCUT2D eigenvalue weighted by molar-refractivity contribution is 7.80. The summed E-state index contributed by atoms with van der Waals surface area (Å²) in [6, 6.07) is 3.76. The van der Waals surface area contributed by atoms with Gasteiger partial charge < -0.3 is 4.74 Å². The van der Waals surface area contributed by atoms with Gasteiger partial charge in [0.1, 0.15) is 0 Å². The van der Waals surface area contributed by atoms with Gasteiger partial charge in [0.05, 0.1) is 7.11 Å². The monoisotopic (exact) mass is 285 g/mol. The summed E-state index contributed by atoms with van der Waals surface area (Å²) in [5.74, 6) is -0.396. The summed E-state index contributed by atoms with van der Waals surface area (Å²) in [6.45, 7) is 0. The predicted octanol–water partition coefficient (Wildman–Crippen LogP) is 1.02. The molecule has 6 nitrogen and oxygen atoms in total. The first kappa shape index (κ1) is 14.1. The summed E-state index contributed by atoms with van der Waals surface area (Å²) in [5.41, 5.74) is 4.42. The van der Waals surface area contributed by atoms with E-state index in [9.17, 15) is 9.59 Å². The minimum absolute atomic E-state index is 0.0266. The molecule has 1 rings (SSSR count). The fourth-order valence-corrected chi connectivity index (χ4v) is 1.66. The maximum atomic E-state index is 11.4. The Bertz CT molecular complexity index is 457. The number of nitrogens with one attached hydrogen (secondary N) is 3. The molecule has 2 amide bonds. The molecule has 0 fully saturated rings. The largest absolute Gasteiger partial charge is 0.452 e. The summed E-state index contributed by atoms with van der Waals surface area (Å²) in [4.78, 5) is 23.1. The van der Waals surface area contributed by atoms with E-state index in [4.69, 9.17) is 12.2 Å². The van der Waals surface area contributed by atoms with Gasteiger partial charge in [-0.15, -0.1) is 11.3 Å². The van der Waals surface area contributed by atoms with Crippen molar-refractivity contribution in [2.45, 2.75) is 0 Å². The van der Waals surface area contributed by atoms with Gasteiger partial charge in [-0.1, -0.05) is 6.07 Å². The number of methoxy groups -OCH3 is 1. The minimum Gasteiger partial charge on any atom is -0.452 e. The van der Waals surface area contributed by atoms with Gasteiger partial charge in [-0.2, -0.15) is 0 Å². The molecule has 0 aliphatic carbocycles. The molecule has 8 heteroatoms. The molecule has 18 heavy (non-hydrogen) atoms. The third kappa shape index (κ3) is 5.41. The van der Waals surface area contributed by atoms with E-state index in [0.29, 0.717) is 0 Å². The topological polar surface area (TPSA) is 79.5 Å². The van der Waals surface area contributed by atoms with Crippen molar-refractivity contribution in [3.8, 4) is 0 Å². The first-order valence-electron chi connectivity index (χ1n) is 4.78. The number of thiophene rings is 1. The van der Waals surface area contributed by atoms with Crippen LogP contribution in [0.2, 0.25) is 0 Å². The normalized spacial score (nSPS) is 9.83. The summed E-state index contributed by atoms with van der Waals surface area (Å²) >= 11 is 6.28. The molecule has 0 radical (unpaired) electrons. The molecule has 3 N–H and O–H groups in total. The van der Waals surface area contributed by atoms with Gasteiger partial charge in [0.15, 0.2) is 5.11 Å². The Morgan fingerprint density at radius 2 is 2.22 bits per heavy atom. The van der Waals surface area contributed by atoms with E-state index in [-0.39, 0.29) is 5.11 Å². The van der Waals surface area contributed by atoms with Crippen LogP contribution in [0.25, 0.3) is 6.08 Å². The first-order chi connectivity index (χ1) is 8.61. The lowest BCUT2D eigenvalue weighted by Crippen LogP contribution is -2.48. The summed E-state index contributed by atoms with van der Waals surface area (Å²) in [7, 11) is 1.21. The number of carbonyl (C=O) groups excluding carboxylic acids is 2. The molecule has 0 saturated carbocycles. The van der Waals surface area contributed by atoms with E-state index < -0.39 is 12.0 Å². The Kier molecular flexibility index (Phi) is 5.81. The maximum Gasteiger partial charge on any atom is 0.425 e. The predicted molar refractivity (Wildman–Crippen MR) is 72.8 cm³/mol. The van der Waals surface area contributed by atoms with Crippen molar-refractivity contribution >= 4 is 46.7 Å². The molecule has 0 saturated heterocycles. The van der Waals surface area contributed by atoms with E-state index >= 15 is 0 Å². The van der Waals surface area contributed by atoms with Gasteiger partial charge in [0, 0.05) is 11.0 Å². The van der Waals surface area contributed by atoms with Crippen LogP contribution in [0.4, 0.5) is 4.79 Å². The van der Waals surface area contributed by atoms with Crippen LogP contribution in [-0.2, 0) is 9.53 Å². The molecular weight excluding hydrogens is 274 g/mol. The van der Waals surface area contributed by atoms with Crippen LogP contribution in [0.3, 0.4) is 0 Å². The van der Waals surface area contributed by atoms with Crippen molar-refractivity contribution in [2.24, 2.45) is 0 Å². The third-order valence-corrected chi connectivity index (χ3v) is 2.68. The molecule has 0 aliphatic heterocycles. The molecule has 0 aromatic carbocycles. The highest BCUT2D eigenvalue weighted by atomic mass is 32.1. The molecule has 0 atom stereocenters. The lowest BCUT2D eigenvalue weighted by Gasteiger charge is -2.07. The number of amides is 2. The van der Waals surface area contributed by atoms with Crippen LogP contribution in [0.5, 0.6) is 0 Å². The van der Waals surface area contributed by atoms with E-state index in [2.05, 4.69) is 20.9 Å². The quantitative estimate of drug-likeness (QED) is 0.429. The van der Waals surface area contributed by atoms with Crippen LogP contribution in [0.1, 0.15) is 4.88 Å². The van der Waals surface area contributed by atoms with Crippen LogP contribution in [0, 0.1) is 0 Å². The standard InChI is InChI=1S/C10H11N3O3S2/c1-16-10(15)13-12-9(17)11-8(14)5-4-7-3-2-6-18-7/h2-6H,1H3,(H,13,15)(H2,11,12,14,17). The Morgan fingerprint density at radius 3 is 2.83 bits per heavy atom. The Hall–Kier alpha value is -1.93. The highest BCUT2D eigenvalue weighted by Crippen LogP contribution is 2.09. The Morgan fingerprint density at radius 1 is 1.44 bits per heavy atom. The second kappa shape index (κ2) is 7.41. The summed E-state index contributed by atoms with van der Waals surface area (Å²) in [5, 5.41) is 4.23. The molecule has 0 bridgehead atoms. The first-order valence-corrected chi connectivity index (χ1v) is 6.07. The third-order valence-electron chi connectivity index (χ3n) is 1.64. The van der Waals surface area contributed by atoms with Gasteiger partial charge in [-0.25, -0.2) is 10.2 Å². The van der Waals surface area contributed by atoms with Crippen molar-refractivity contribution in [3.05, 3.63) is 28.5 Å². The number of hydrogen-bond donors (Lipinski definition) is 3. The summed E-state index contributed by atoms with van der Waals surface area (Å²) < 4.78 is 4.30. The van der Waals surface area contributed by atoms with Crippen molar-refractivity contribution in [3.63, 3.8) is 0 Å². The van der Waals surface area contributed by atoms with Crippen LogP contribution >= 0.6 is 23.6 Å². The lowest BCUT2D eigenvalue weighted by molar-refractivity contribution is -0.115. The molecule has 0 aliphatic rings. The Labute approximate surface area is 113 Å². The van der Waals surface area contributed by atoms with E-state index in [1.54, 1.807) is 6.08 Å².